The van der Waals surface area contributed by atoms with Crippen molar-refractivity contribution in [2.75, 3.05) is 18.0 Å². The highest BCUT2D eigenvalue weighted by Gasteiger charge is 2.36. The highest BCUT2D eigenvalue weighted by Crippen LogP contribution is 2.45. The maximum Gasteiger partial charge on any atom is 0.573 e. The van der Waals surface area contributed by atoms with E-state index in [9.17, 15) is 18.0 Å². The number of hydrogen-bond acceptors (Lipinski definition) is 8. The molecule has 2 fully saturated rings. The second-order valence-electron chi connectivity index (χ2n) is 10.0. The number of nitrogens with zero attached hydrogens (tertiary/aromatic N) is 3. The molecular formula is C28H27F3N4O5. The quantitative estimate of drug-likeness (QED) is 0.280. The van der Waals surface area contributed by atoms with Crippen LogP contribution in [0.4, 0.5) is 18.9 Å². The Hall–Kier alpha value is -4.06. The van der Waals surface area contributed by atoms with E-state index in [-0.39, 0.29) is 29.9 Å². The van der Waals surface area contributed by atoms with Crippen LogP contribution in [-0.2, 0) is 11.3 Å². The number of halogens is 3. The van der Waals surface area contributed by atoms with E-state index < -0.39 is 12.1 Å². The number of para-hydroxylation sites is 1. The summed E-state index contributed by atoms with van der Waals surface area (Å²) in [4.78, 5) is 16.1. The zero-order valence-electron chi connectivity index (χ0n) is 21.4. The number of rotatable bonds is 8. The van der Waals surface area contributed by atoms with E-state index >= 15 is 0 Å². The molecule has 40 heavy (non-hydrogen) atoms. The average Bonchev–Trinajstić information content (AvgIpc) is 3.62. The number of nitrogens with one attached hydrogen (secondary N) is 1. The van der Waals surface area contributed by atoms with Crippen molar-refractivity contribution in [1.82, 2.24) is 15.3 Å². The normalized spacial score (nSPS) is 18.1. The van der Waals surface area contributed by atoms with Crippen LogP contribution >= 0.6 is 0 Å². The fourth-order valence-corrected chi connectivity index (χ4v) is 5.09. The third-order valence-corrected chi connectivity index (χ3v) is 7.22. The predicted molar refractivity (Wildman–Crippen MR) is 138 cm³/mol. The van der Waals surface area contributed by atoms with Crippen molar-refractivity contribution in [3.05, 3.63) is 70.4 Å². The third-order valence-electron chi connectivity index (χ3n) is 7.22. The van der Waals surface area contributed by atoms with E-state index in [2.05, 4.69) is 29.5 Å². The molecule has 0 spiro atoms. The summed E-state index contributed by atoms with van der Waals surface area (Å²) >= 11 is 0. The smallest absolute Gasteiger partial charge is 0.405 e. The molecule has 4 aromatic rings. The molecule has 9 nitrogen and oxygen atoms in total. The molecule has 1 saturated heterocycles. The first-order valence-corrected chi connectivity index (χ1v) is 13.2. The van der Waals surface area contributed by atoms with Crippen LogP contribution in [0.1, 0.15) is 49.3 Å². The first-order chi connectivity index (χ1) is 19.3. The second-order valence-corrected chi connectivity index (χ2v) is 10.0. The molecule has 0 radical (unpaired) electrons. The van der Waals surface area contributed by atoms with Gasteiger partial charge in [0.05, 0.1) is 12.7 Å². The van der Waals surface area contributed by atoms with Gasteiger partial charge in [-0.2, -0.15) is 0 Å². The molecule has 12 heteroatoms. The van der Waals surface area contributed by atoms with E-state index in [1.54, 1.807) is 12.1 Å². The van der Waals surface area contributed by atoms with Gasteiger partial charge in [0, 0.05) is 41.4 Å². The van der Waals surface area contributed by atoms with Gasteiger partial charge in [-0.3, -0.25) is 9.51 Å². The summed E-state index contributed by atoms with van der Waals surface area (Å²) in [5.41, 5.74) is 3.03. The number of aromatic nitrogens is 3. The van der Waals surface area contributed by atoms with Crippen LogP contribution in [0.5, 0.6) is 5.75 Å². The van der Waals surface area contributed by atoms with Crippen LogP contribution in [0, 0.1) is 0 Å². The van der Waals surface area contributed by atoms with Crippen molar-refractivity contribution >= 4 is 5.69 Å². The van der Waals surface area contributed by atoms with Gasteiger partial charge < -0.3 is 18.9 Å². The minimum absolute atomic E-state index is 0.0269. The number of benzene rings is 2. The monoisotopic (exact) mass is 556 g/mol. The summed E-state index contributed by atoms with van der Waals surface area (Å²) in [6.45, 7) is 1.83. The highest BCUT2D eigenvalue weighted by molar-refractivity contribution is 5.70. The molecule has 1 aliphatic heterocycles. The number of H-pyrrole nitrogens is 1. The van der Waals surface area contributed by atoms with Crippen LogP contribution in [0.15, 0.2) is 62.4 Å². The van der Waals surface area contributed by atoms with Gasteiger partial charge in [-0.1, -0.05) is 22.4 Å². The van der Waals surface area contributed by atoms with Gasteiger partial charge in [-0.25, -0.2) is 4.79 Å². The van der Waals surface area contributed by atoms with E-state index in [0.717, 1.165) is 56.4 Å². The Balaban J connectivity index is 1.14. The largest absolute Gasteiger partial charge is 0.573 e. The maximum absolute atomic E-state index is 13.0. The lowest BCUT2D eigenvalue weighted by Crippen LogP contribution is -2.24. The number of alkyl halides is 3. The first-order valence-electron chi connectivity index (χ1n) is 13.2. The van der Waals surface area contributed by atoms with Crippen molar-refractivity contribution in [2.24, 2.45) is 0 Å². The zero-order valence-corrected chi connectivity index (χ0v) is 21.4. The molecule has 0 bridgehead atoms. The Bertz CT molecular complexity index is 1510. The molecule has 3 heterocycles. The van der Waals surface area contributed by atoms with E-state index in [0.29, 0.717) is 22.8 Å². The van der Waals surface area contributed by atoms with Crippen LogP contribution in [-0.4, -0.2) is 40.9 Å². The lowest BCUT2D eigenvalue weighted by molar-refractivity contribution is -0.274. The van der Waals surface area contributed by atoms with Gasteiger partial charge in [0.1, 0.15) is 17.2 Å². The fourth-order valence-electron chi connectivity index (χ4n) is 5.09. The first kappa shape index (κ1) is 26.2. The average molecular weight is 557 g/mol. The second kappa shape index (κ2) is 10.8. The standard InChI is InChI=1S/C28H27F3N4O5/c29-28(30,31)38-23-6-2-1-5-21(23)24-22(25(39-33-24)17-7-8-17)16-37-20-4-3-14-35(15-13-20)19-11-9-18(10-12-19)26-32-27(36)40-34-26/h1-2,5-6,9-12,17,20H,3-4,7-8,13-16H2,(H,32,34,36). The van der Waals surface area contributed by atoms with E-state index in [1.807, 2.05) is 24.3 Å². The molecular weight excluding hydrogens is 529 g/mol. The summed E-state index contributed by atoms with van der Waals surface area (Å²) in [6.07, 6.45) is -0.401. The lowest BCUT2D eigenvalue weighted by atomic mass is 10.0. The summed E-state index contributed by atoms with van der Waals surface area (Å²) in [7, 11) is 0. The van der Waals surface area contributed by atoms with Gasteiger partial charge in [0.15, 0.2) is 5.82 Å². The Labute approximate surface area is 226 Å². The molecule has 1 N–H and O–H groups in total. The predicted octanol–water partition coefficient (Wildman–Crippen LogP) is 6.04. The Morgan fingerprint density at radius 3 is 2.50 bits per heavy atom. The van der Waals surface area contributed by atoms with Crippen LogP contribution in [0.25, 0.3) is 22.6 Å². The molecule has 2 aromatic carbocycles. The SMILES string of the molecule is O=c1[nH]c(-c2ccc(N3CCCC(OCc4c(-c5ccccc5OC(F)(F)F)noc4C4CC4)CC3)cc2)no1. The van der Waals surface area contributed by atoms with Gasteiger partial charge in [0.2, 0.25) is 0 Å². The summed E-state index contributed by atoms with van der Waals surface area (Å²) < 4.78 is 60.0. The van der Waals surface area contributed by atoms with Crippen LogP contribution in [0.3, 0.4) is 0 Å². The molecule has 2 aliphatic rings. The van der Waals surface area contributed by atoms with Crippen LogP contribution in [0.2, 0.25) is 0 Å². The van der Waals surface area contributed by atoms with Crippen molar-refractivity contribution in [2.45, 2.75) is 57.1 Å². The zero-order chi connectivity index (χ0) is 27.7. The summed E-state index contributed by atoms with van der Waals surface area (Å²) in [5.74, 6) is 0.350. The maximum atomic E-state index is 13.0. The molecule has 1 atom stereocenters. The van der Waals surface area contributed by atoms with Gasteiger partial charge in [-0.15, -0.1) is 13.2 Å². The number of anilines is 1. The van der Waals surface area contributed by atoms with Crippen molar-refractivity contribution in [3.8, 4) is 28.4 Å². The Morgan fingerprint density at radius 2 is 1.77 bits per heavy atom. The van der Waals surface area contributed by atoms with Crippen molar-refractivity contribution in [3.63, 3.8) is 0 Å². The minimum Gasteiger partial charge on any atom is -0.405 e. The number of aromatic amines is 1. The van der Waals surface area contributed by atoms with Gasteiger partial charge in [0.25, 0.3) is 0 Å². The number of ether oxygens (including phenoxy) is 2. The molecule has 1 aliphatic carbocycles. The molecule has 1 unspecified atom stereocenters. The van der Waals surface area contributed by atoms with E-state index in [1.165, 1.54) is 12.1 Å². The topological polar surface area (TPSA) is 107 Å². The fraction of sp³-hybridized carbons (Fsp3) is 0.393. The van der Waals surface area contributed by atoms with Gasteiger partial charge >= 0.3 is 12.1 Å². The highest BCUT2D eigenvalue weighted by atomic mass is 19.4. The van der Waals surface area contributed by atoms with Crippen LogP contribution < -0.4 is 15.4 Å². The van der Waals surface area contributed by atoms with Gasteiger partial charge in [-0.05, 0) is 68.5 Å². The number of hydrogen-bond donors (Lipinski definition) is 1. The molecule has 2 aromatic heterocycles. The van der Waals surface area contributed by atoms with Crippen molar-refractivity contribution in [1.29, 1.82) is 0 Å². The Morgan fingerprint density at radius 1 is 0.975 bits per heavy atom. The molecule has 210 valence electrons. The Kier molecular flexibility index (Phi) is 7.09. The molecule has 0 amide bonds. The summed E-state index contributed by atoms with van der Waals surface area (Å²) in [6, 6.07) is 13.7. The lowest BCUT2D eigenvalue weighted by Gasteiger charge is -2.23. The summed E-state index contributed by atoms with van der Waals surface area (Å²) in [5, 5.41) is 7.88. The molecule has 1 saturated carbocycles. The molecule has 6 rings (SSSR count). The van der Waals surface area contributed by atoms with Crippen molar-refractivity contribution < 1.29 is 31.7 Å². The third kappa shape index (κ3) is 5.91. The minimum atomic E-state index is -4.82. The van der Waals surface area contributed by atoms with E-state index in [4.69, 9.17) is 9.26 Å².